The number of carbonyl (C=O) groups is 4. The van der Waals surface area contributed by atoms with Gasteiger partial charge in [0, 0.05) is 81.3 Å². The number of hydrogen-bond acceptors (Lipinski definition) is 12. The molecule has 0 spiro atoms. The van der Waals surface area contributed by atoms with E-state index in [-0.39, 0.29) is 23.8 Å². The summed E-state index contributed by atoms with van der Waals surface area (Å²) in [7, 11) is 0. The number of piperazine rings is 1. The van der Waals surface area contributed by atoms with Crippen molar-refractivity contribution in [2.45, 2.75) is 38.1 Å². The fourth-order valence-corrected chi connectivity index (χ4v) is 9.69. The molecule has 18 heteroatoms. The third-order valence-corrected chi connectivity index (χ3v) is 13.1. The molecule has 62 heavy (non-hydrogen) atoms. The number of piperidine rings is 2. The Morgan fingerprint density at radius 3 is 2.23 bits per heavy atom. The minimum absolute atomic E-state index is 0.0931. The van der Waals surface area contributed by atoms with E-state index in [9.17, 15) is 24.0 Å². The number of anilines is 4. The van der Waals surface area contributed by atoms with Crippen LogP contribution in [0.4, 0.5) is 23.0 Å². The highest BCUT2D eigenvalue weighted by Gasteiger charge is 2.45. The Morgan fingerprint density at radius 1 is 0.774 bits per heavy atom. The van der Waals surface area contributed by atoms with Gasteiger partial charge in [-0.3, -0.25) is 43.5 Å². The van der Waals surface area contributed by atoms with E-state index in [0.717, 1.165) is 87.0 Å². The molecule has 0 aliphatic carbocycles. The molecule has 0 radical (unpaired) electrons. The number of para-hydroxylation sites is 1. The van der Waals surface area contributed by atoms with Crippen molar-refractivity contribution in [1.82, 2.24) is 39.0 Å². The molecule has 7 heterocycles. The predicted octanol–water partition coefficient (Wildman–Crippen LogP) is 5.31. The van der Waals surface area contributed by atoms with E-state index in [1.54, 1.807) is 47.1 Å². The predicted molar refractivity (Wildman–Crippen MR) is 235 cm³/mol. The van der Waals surface area contributed by atoms with E-state index in [2.05, 4.69) is 47.4 Å². The number of imidazole rings is 1. The van der Waals surface area contributed by atoms with E-state index in [0.29, 0.717) is 50.2 Å². The molecular weight excluding hydrogens is 833 g/mol. The first-order valence-electron chi connectivity index (χ1n) is 20.8. The van der Waals surface area contributed by atoms with Crippen LogP contribution < -0.4 is 26.0 Å². The Bertz CT molecular complexity index is 2830. The molecule has 0 saturated carbocycles. The molecule has 316 valence electrons. The topological polar surface area (TPSA) is 170 Å². The van der Waals surface area contributed by atoms with E-state index in [1.165, 1.54) is 10.8 Å². The second-order valence-electron chi connectivity index (χ2n) is 16.1. The van der Waals surface area contributed by atoms with E-state index < -0.39 is 29.7 Å². The van der Waals surface area contributed by atoms with E-state index >= 15 is 0 Å². The summed E-state index contributed by atoms with van der Waals surface area (Å²) < 4.78 is 3.09. The number of nitrogens with one attached hydrogen (secondary N) is 2. The number of rotatable bonds is 9. The first-order valence-corrected chi connectivity index (χ1v) is 21.5. The van der Waals surface area contributed by atoms with Gasteiger partial charge in [0.25, 0.3) is 17.4 Å². The molecule has 10 rings (SSSR count). The number of benzene rings is 3. The van der Waals surface area contributed by atoms with Gasteiger partial charge in [-0.1, -0.05) is 29.3 Å². The molecular formula is C44H41Cl2N11O5. The average molecular weight is 875 g/mol. The van der Waals surface area contributed by atoms with Gasteiger partial charge in [-0.15, -0.1) is 0 Å². The Morgan fingerprint density at radius 2 is 1.48 bits per heavy atom. The molecule has 3 fully saturated rings. The fourth-order valence-electron chi connectivity index (χ4n) is 9.12. The van der Waals surface area contributed by atoms with Gasteiger partial charge in [0.05, 0.1) is 26.9 Å². The van der Waals surface area contributed by atoms with Crippen LogP contribution >= 0.6 is 23.2 Å². The smallest absolute Gasteiger partial charge is 0.270 e. The Hall–Kier alpha value is -6.36. The number of halogens is 2. The van der Waals surface area contributed by atoms with Crippen LogP contribution in [0.3, 0.4) is 0 Å². The Labute approximate surface area is 365 Å². The second-order valence-corrected chi connectivity index (χ2v) is 17.0. The van der Waals surface area contributed by atoms with Gasteiger partial charge in [-0.05, 0) is 92.7 Å². The van der Waals surface area contributed by atoms with Gasteiger partial charge >= 0.3 is 0 Å². The standard InChI is InChI=1S/C44H41Cl2N11O5/c45-33-2-1-3-34(46)37(33)57-42(62)32-25-48-43(51-38(32)55-19-15-47-44(55)57)49-27-4-6-28(7-5-27)54-22-20-52(21-23-54)16-12-26-13-17-53(18-14-26)29-8-9-30-31(24-29)41(61)56(40(30)60)35-10-11-36(58)50-39(35)59/h1-9,15,19,24-26,35H,10-14,16-18,20-23H2,(H,48,49,51)(H,50,58,59). The molecule has 16 nitrogen and oxygen atoms in total. The van der Waals surface area contributed by atoms with Crippen LogP contribution in [-0.2, 0) is 9.59 Å². The van der Waals surface area contributed by atoms with Crippen LogP contribution in [-0.4, -0.2) is 109 Å². The van der Waals surface area contributed by atoms with Gasteiger partial charge in [0.15, 0.2) is 5.65 Å². The van der Waals surface area contributed by atoms with Gasteiger partial charge in [0.1, 0.15) is 11.4 Å². The normalized spacial score (nSPS) is 18.9. The third-order valence-electron chi connectivity index (χ3n) is 12.5. The maximum Gasteiger partial charge on any atom is 0.270 e. The molecule has 4 aliphatic rings. The monoisotopic (exact) mass is 873 g/mol. The third kappa shape index (κ3) is 7.20. The number of hydrogen-bond donors (Lipinski definition) is 2. The van der Waals surface area contributed by atoms with Gasteiger partial charge in [-0.2, -0.15) is 4.98 Å². The first-order chi connectivity index (χ1) is 30.1. The Kier molecular flexibility index (Phi) is 10.4. The highest BCUT2D eigenvalue weighted by molar-refractivity contribution is 6.37. The lowest BCUT2D eigenvalue weighted by Gasteiger charge is -2.38. The van der Waals surface area contributed by atoms with E-state index in [1.807, 2.05) is 18.2 Å². The number of amides is 4. The quantitative estimate of drug-likeness (QED) is 0.180. The molecule has 3 saturated heterocycles. The molecule has 3 aromatic carbocycles. The van der Waals surface area contributed by atoms with Crippen LogP contribution in [0, 0.1) is 5.92 Å². The molecule has 6 aromatic rings. The van der Waals surface area contributed by atoms with Crippen LogP contribution in [0.5, 0.6) is 0 Å². The summed E-state index contributed by atoms with van der Waals surface area (Å²) in [5, 5.41) is 6.45. The summed E-state index contributed by atoms with van der Waals surface area (Å²) in [6, 6.07) is 17.6. The van der Waals surface area contributed by atoms with Crippen molar-refractivity contribution in [3.8, 4) is 5.69 Å². The van der Waals surface area contributed by atoms with Gasteiger partial charge < -0.3 is 15.1 Å². The summed E-state index contributed by atoms with van der Waals surface area (Å²) >= 11 is 13.0. The first kappa shape index (κ1) is 39.8. The lowest BCUT2D eigenvalue weighted by Crippen LogP contribution is -2.54. The van der Waals surface area contributed by atoms with E-state index in [4.69, 9.17) is 28.2 Å². The van der Waals surface area contributed by atoms with Crippen molar-refractivity contribution in [3.05, 3.63) is 111 Å². The highest BCUT2D eigenvalue weighted by Crippen LogP contribution is 2.34. The summed E-state index contributed by atoms with van der Waals surface area (Å²) in [4.78, 5) is 86.1. The van der Waals surface area contributed by atoms with Crippen LogP contribution in [0.1, 0.15) is 52.8 Å². The zero-order valence-electron chi connectivity index (χ0n) is 33.5. The average Bonchev–Trinajstić information content (AvgIpc) is 3.87. The minimum atomic E-state index is -0.970. The van der Waals surface area contributed by atoms with Crippen LogP contribution in [0.25, 0.3) is 22.5 Å². The molecule has 3 aromatic heterocycles. The number of nitrogens with zero attached hydrogens (tertiary/aromatic N) is 9. The van der Waals surface area contributed by atoms with Crippen LogP contribution in [0.15, 0.2) is 84.0 Å². The van der Waals surface area contributed by atoms with Gasteiger partial charge in [-0.25, -0.2) is 14.5 Å². The molecule has 0 bridgehead atoms. The van der Waals surface area contributed by atoms with Crippen molar-refractivity contribution in [1.29, 1.82) is 0 Å². The molecule has 1 unspecified atom stereocenters. The van der Waals surface area contributed by atoms with Crippen LogP contribution in [0.2, 0.25) is 10.0 Å². The molecule has 4 aliphatic heterocycles. The summed E-state index contributed by atoms with van der Waals surface area (Å²) in [5.41, 5.74) is 3.83. The van der Waals surface area contributed by atoms with Gasteiger partial charge in [0.2, 0.25) is 23.5 Å². The minimum Gasteiger partial charge on any atom is -0.371 e. The second kappa shape index (κ2) is 16.2. The van der Waals surface area contributed by atoms with Crippen molar-refractivity contribution < 1.29 is 19.2 Å². The van der Waals surface area contributed by atoms with Crippen molar-refractivity contribution in [2.75, 3.05) is 60.9 Å². The molecule has 4 amide bonds. The van der Waals surface area contributed by atoms with Crippen molar-refractivity contribution in [3.63, 3.8) is 0 Å². The lowest BCUT2D eigenvalue weighted by atomic mass is 9.92. The Balaban J connectivity index is 0.707. The number of imide groups is 2. The summed E-state index contributed by atoms with van der Waals surface area (Å²) in [6.45, 7) is 6.59. The number of fused-ring (bicyclic) bond motifs is 4. The largest absolute Gasteiger partial charge is 0.371 e. The van der Waals surface area contributed by atoms with Crippen molar-refractivity contribution in [2.24, 2.45) is 5.92 Å². The molecule has 2 N–H and O–H groups in total. The summed E-state index contributed by atoms with van der Waals surface area (Å²) in [5.74, 6) is -0.692. The number of aromatic nitrogens is 5. The zero-order chi connectivity index (χ0) is 42.6. The van der Waals surface area contributed by atoms with Crippen molar-refractivity contribution >= 4 is 86.7 Å². The number of carbonyl (C=O) groups excluding carboxylic acids is 4. The lowest BCUT2D eigenvalue weighted by molar-refractivity contribution is -0.136. The summed E-state index contributed by atoms with van der Waals surface area (Å²) in [6.07, 6.45) is 8.26. The maximum atomic E-state index is 13.7. The molecule has 1 atom stereocenters. The SMILES string of the molecule is O=C1CCC(N2C(=O)c3ccc(N4CCC(CCN5CCN(c6ccc(Nc7ncc8c(=O)n(-c9c(Cl)cccc9Cl)c9nccn9c8n7)cc6)CC5)CC4)cc3C2=O)C(=O)N1. The zero-order valence-corrected chi connectivity index (χ0v) is 35.0. The maximum absolute atomic E-state index is 13.7. The fraction of sp³-hybridized carbons (Fsp3) is 0.318. The highest BCUT2D eigenvalue weighted by atomic mass is 35.5.